The van der Waals surface area contributed by atoms with Crippen molar-refractivity contribution in [3.8, 4) is 5.75 Å². The molecule has 0 aliphatic carbocycles. The second-order valence-electron chi connectivity index (χ2n) is 7.03. The first-order valence-corrected chi connectivity index (χ1v) is 9.62. The maximum absolute atomic E-state index is 12.9. The van der Waals surface area contributed by atoms with Crippen LogP contribution in [-0.4, -0.2) is 10.5 Å². The molecule has 1 N–H and O–H groups in total. The van der Waals surface area contributed by atoms with Crippen molar-refractivity contribution in [2.45, 2.75) is 19.3 Å². The number of nitrogens with zero attached hydrogens (tertiary/aromatic N) is 1. The van der Waals surface area contributed by atoms with Crippen molar-refractivity contribution >= 4 is 22.5 Å². The fourth-order valence-corrected chi connectivity index (χ4v) is 3.32. The van der Waals surface area contributed by atoms with Crippen LogP contribution in [0.25, 0.3) is 10.9 Å². The summed E-state index contributed by atoms with van der Waals surface area (Å²) in [6.07, 6.45) is -2.71. The van der Waals surface area contributed by atoms with Crippen molar-refractivity contribution in [1.82, 2.24) is 4.57 Å². The summed E-state index contributed by atoms with van der Waals surface area (Å²) in [6.45, 7) is 0.378. The van der Waals surface area contributed by atoms with Gasteiger partial charge in [0.05, 0.1) is 11.1 Å². The average molecular weight is 424 g/mol. The summed E-state index contributed by atoms with van der Waals surface area (Å²) in [5.41, 5.74) is 1.13. The van der Waals surface area contributed by atoms with Crippen LogP contribution in [-0.2, 0) is 24.1 Å². The highest BCUT2D eigenvalue weighted by Gasteiger charge is 2.30. The van der Waals surface area contributed by atoms with Crippen LogP contribution in [0, 0.1) is 0 Å². The van der Waals surface area contributed by atoms with Gasteiger partial charge in [0.15, 0.2) is 0 Å². The lowest BCUT2D eigenvalue weighted by Crippen LogP contribution is -2.18. The van der Waals surface area contributed by atoms with Crippen LogP contribution < -0.4 is 10.1 Å². The van der Waals surface area contributed by atoms with E-state index in [0.29, 0.717) is 12.4 Å². The van der Waals surface area contributed by atoms with Crippen LogP contribution in [0.15, 0.2) is 85.1 Å². The number of hydrogen-bond acceptors (Lipinski definition) is 2. The predicted molar refractivity (Wildman–Crippen MR) is 113 cm³/mol. The minimum atomic E-state index is -4.46. The van der Waals surface area contributed by atoms with Crippen molar-refractivity contribution in [2.24, 2.45) is 0 Å². The molecule has 158 valence electrons. The number of alkyl halides is 3. The number of anilines is 1. The highest BCUT2D eigenvalue weighted by atomic mass is 19.4. The summed E-state index contributed by atoms with van der Waals surface area (Å²) in [7, 11) is 0. The largest absolute Gasteiger partial charge is 0.488 e. The Balaban J connectivity index is 1.47. The fraction of sp³-hybridized carbons (Fsp3) is 0.125. The quantitative estimate of drug-likeness (QED) is 0.420. The smallest absolute Gasteiger partial charge is 0.416 e. The third-order valence-corrected chi connectivity index (χ3v) is 4.80. The van der Waals surface area contributed by atoms with Crippen LogP contribution in [0.1, 0.15) is 11.1 Å². The zero-order valence-corrected chi connectivity index (χ0v) is 16.4. The Hall–Kier alpha value is -3.74. The number of carbonyl (C=O) groups is 1. The summed E-state index contributed by atoms with van der Waals surface area (Å²) in [6, 6.07) is 21.8. The van der Waals surface area contributed by atoms with E-state index in [0.717, 1.165) is 28.6 Å². The molecule has 4 nitrogen and oxygen atoms in total. The molecule has 1 heterocycles. The Morgan fingerprint density at radius 3 is 2.48 bits per heavy atom. The first-order valence-electron chi connectivity index (χ1n) is 9.62. The van der Waals surface area contributed by atoms with E-state index in [9.17, 15) is 18.0 Å². The van der Waals surface area contributed by atoms with Crippen molar-refractivity contribution in [3.05, 3.63) is 96.2 Å². The van der Waals surface area contributed by atoms with E-state index < -0.39 is 17.6 Å². The average Bonchev–Trinajstić information content (AvgIpc) is 3.16. The highest BCUT2D eigenvalue weighted by Crippen LogP contribution is 2.31. The van der Waals surface area contributed by atoms with Crippen molar-refractivity contribution in [1.29, 1.82) is 0 Å². The third-order valence-electron chi connectivity index (χ3n) is 4.80. The SMILES string of the molecule is O=C(Cn1ccc2c(OCc3ccccc3)cccc21)Nc1cccc(C(F)(F)F)c1. The van der Waals surface area contributed by atoms with Crippen molar-refractivity contribution in [3.63, 3.8) is 0 Å². The second kappa shape index (κ2) is 8.55. The van der Waals surface area contributed by atoms with E-state index in [2.05, 4.69) is 5.32 Å². The van der Waals surface area contributed by atoms with Crippen LogP contribution in [0.5, 0.6) is 5.75 Å². The molecule has 0 fully saturated rings. The van der Waals surface area contributed by atoms with Gasteiger partial charge in [0.1, 0.15) is 18.9 Å². The van der Waals surface area contributed by atoms with E-state index in [1.54, 1.807) is 10.8 Å². The molecule has 1 aromatic heterocycles. The number of benzene rings is 3. The first-order chi connectivity index (χ1) is 14.9. The van der Waals surface area contributed by atoms with Gasteiger partial charge in [-0.25, -0.2) is 0 Å². The van der Waals surface area contributed by atoms with Crippen molar-refractivity contribution < 1.29 is 22.7 Å². The third kappa shape index (κ3) is 4.88. The van der Waals surface area contributed by atoms with E-state index >= 15 is 0 Å². The Kier molecular flexibility index (Phi) is 5.66. The van der Waals surface area contributed by atoms with Gasteiger partial charge in [0, 0.05) is 17.3 Å². The number of ether oxygens (including phenoxy) is 1. The van der Waals surface area contributed by atoms with Gasteiger partial charge in [-0.05, 0) is 42.0 Å². The number of aromatic nitrogens is 1. The van der Waals surface area contributed by atoms with Crippen LogP contribution >= 0.6 is 0 Å². The molecule has 0 spiro atoms. The van der Waals surface area contributed by atoms with Gasteiger partial charge in [-0.1, -0.05) is 42.5 Å². The first kappa shape index (κ1) is 20.5. The summed E-state index contributed by atoms with van der Waals surface area (Å²) in [5, 5.41) is 3.38. The number of hydrogen-bond donors (Lipinski definition) is 1. The molecule has 31 heavy (non-hydrogen) atoms. The van der Waals surface area contributed by atoms with Crippen LogP contribution in [0.4, 0.5) is 18.9 Å². The number of carbonyl (C=O) groups excluding carboxylic acids is 1. The maximum atomic E-state index is 12.9. The van der Waals surface area contributed by atoms with Gasteiger partial charge in [0.2, 0.25) is 5.91 Å². The summed E-state index contributed by atoms with van der Waals surface area (Å²) >= 11 is 0. The summed E-state index contributed by atoms with van der Waals surface area (Å²) < 4.78 is 46.3. The lowest BCUT2D eigenvalue weighted by molar-refractivity contribution is -0.137. The fourth-order valence-electron chi connectivity index (χ4n) is 3.32. The Morgan fingerprint density at radius 1 is 0.935 bits per heavy atom. The molecule has 0 aliphatic rings. The second-order valence-corrected chi connectivity index (χ2v) is 7.03. The number of nitrogens with one attached hydrogen (secondary N) is 1. The topological polar surface area (TPSA) is 43.3 Å². The van der Waals surface area contributed by atoms with Crippen LogP contribution in [0.2, 0.25) is 0 Å². The lowest BCUT2D eigenvalue weighted by Gasteiger charge is -2.11. The Labute approximate surface area is 176 Å². The molecule has 0 unspecified atom stereocenters. The Morgan fingerprint density at radius 2 is 1.71 bits per heavy atom. The highest BCUT2D eigenvalue weighted by molar-refractivity contribution is 5.93. The van der Waals surface area contributed by atoms with E-state index in [1.807, 2.05) is 54.6 Å². The van der Waals surface area contributed by atoms with Gasteiger partial charge < -0.3 is 14.6 Å². The molecule has 0 saturated carbocycles. The molecule has 4 rings (SSSR count). The number of fused-ring (bicyclic) bond motifs is 1. The lowest BCUT2D eigenvalue weighted by atomic mass is 10.2. The molecule has 1 amide bonds. The minimum Gasteiger partial charge on any atom is -0.488 e. The molecular weight excluding hydrogens is 405 g/mol. The molecule has 0 bridgehead atoms. The van der Waals surface area contributed by atoms with Gasteiger partial charge in [-0.15, -0.1) is 0 Å². The normalized spacial score (nSPS) is 11.5. The monoisotopic (exact) mass is 424 g/mol. The van der Waals surface area contributed by atoms with Gasteiger partial charge in [0.25, 0.3) is 0 Å². The van der Waals surface area contributed by atoms with E-state index in [-0.39, 0.29) is 12.2 Å². The van der Waals surface area contributed by atoms with Gasteiger partial charge in [-0.3, -0.25) is 4.79 Å². The standard InChI is InChI=1S/C24H19F3N2O2/c25-24(26,27)18-8-4-9-19(14-18)28-23(30)15-29-13-12-20-21(29)10-5-11-22(20)31-16-17-6-2-1-3-7-17/h1-14H,15-16H2,(H,28,30). The number of halogens is 3. The molecule has 0 aliphatic heterocycles. The maximum Gasteiger partial charge on any atom is 0.416 e. The van der Waals surface area contributed by atoms with Crippen molar-refractivity contribution in [2.75, 3.05) is 5.32 Å². The molecule has 0 atom stereocenters. The number of amides is 1. The predicted octanol–water partition coefficient (Wildman–Crippen LogP) is 5.88. The van der Waals surface area contributed by atoms with Crippen LogP contribution in [0.3, 0.4) is 0 Å². The van der Waals surface area contributed by atoms with Gasteiger partial charge in [-0.2, -0.15) is 13.2 Å². The minimum absolute atomic E-state index is 0.0398. The van der Waals surface area contributed by atoms with E-state index in [1.165, 1.54) is 12.1 Å². The molecule has 0 radical (unpaired) electrons. The van der Waals surface area contributed by atoms with E-state index in [4.69, 9.17) is 4.74 Å². The molecule has 4 aromatic rings. The summed E-state index contributed by atoms with van der Waals surface area (Å²) in [5.74, 6) is 0.269. The number of rotatable bonds is 6. The molecule has 7 heteroatoms. The Bertz CT molecular complexity index is 1200. The molecular formula is C24H19F3N2O2. The zero-order valence-electron chi connectivity index (χ0n) is 16.4. The van der Waals surface area contributed by atoms with Gasteiger partial charge >= 0.3 is 6.18 Å². The summed E-state index contributed by atoms with van der Waals surface area (Å²) in [4.78, 5) is 12.4. The zero-order chi connectivity index (χ0) is 21.8. The molecule has 3 aromatic carbocycles. The molecule has 0 saturated heterocycles.